The van der Waals surface area contributed by atoms with Crippen LogP contribution in [0, 0.1) is 17.5 Å². The lowest BCUT2D eigenvalue weighted by atomic mass is 9.88. The first kappa shape index (κ1) is 14.9. The van der Waals surface area contributed by atoms with Gasteiger partial charge in [0.25, 0.3) is 0 Å². The fourth-order valence-corrected chi connectivity index (χ4v) is 2.21. The molecule has 1 N–H and O–H groups in total. The molecular weight excluding hydrogens is 289 g/mol. The molecule has 0 aliphatic rings. The summed E-state index contributed by atoms with van der Waals surface area (Å²) in [7, 11) is 0. The van der Waals surface area contributed by atoms with Crippen molar-refractivity contribution in [2.24, 2.45) is 0 Å². The highest BCUT2D eigenvalue weighted by atomic mass is 35.5. The molecule has 2 aromatic carbocycles. The van der Waals surface area contributed by atoms with Crippen molar-refractivity contribution in [3.63, 3.8) is 0 Å². The SMILES string of the molecule is CC(O)(Cc1ccc(Cl)cc1F)c1cccc(F)c1F. The van der Waals surface area contributed by atoms with Crippen LogP contribution < -0.4 is 0 Å². The number of rotatable bonds is 3. The van der Waals surface area contributed by atoms with Crippen LogP contribution in [0.2, 0.25) is 5.02 Å². The zero-order valence-corrected chi connectivity index (χ0v) is 11.4. The maximum Gasteiger partial charge on any atom is 0.164 e. The first-order valence-corrected chi connectivity index (χ1v) is 6.30. The number of hydrogen-bond acceptors (Lipinski definition) is 1. The van der Waals surface area contributed by atoms with Crippen LogP contribution in [0.4, 0.5) is 13.2 Å². The van der Waals surface area contributed by atoms with Crippen LogP contribution >= 0.6 is 11.6 Å². The van der Waals surface area contributed by atoms with Crippen LogP contribution in [0.25, 0.3) is 0 Å². The standard InChI is InChI=1S/C15H12ClF3O/c1-15(20,11-3-2-4-12(17)14(11)19)8-9-5-6-10(16)7-13(9)18/h2-7,20H,8H2,1H3. The second-order valence-corrected chi connectivity index (χ2v) is 5.22. The van der Waals surface area contributed by atoms with Gasteiger partial charge in [-0.1, -0.05) is 29.8 Å². The summed E-state index contributed by atoms with van der Waals surface area (Å²) >= 11 is 5.64. The van der Waals surface area contributed by atoms with Gasteiger partial charge in [0.05, 0.1) is 5.60 Å². The van der Waals surface area contributed by atoms with Crippen LogP contribution in [-0.2, 0) is 12.0 Å². The Balaban J connectivity index is 2.38. The quantitative estimate of drug-likeness (QED) is 0.900. The fourth-order valence-electron chi connectivity index (χ4n) is 2.05. The Labute approximate surface area is 119 Å². The van der Waals surface area contributed by atoms with Crippen molar-refractivity contribution in [1.29, 1.82) is 0 Å². The summed E-state index contributed by atoms with van der Waals surface area (Å²) in [6.45, 7) is 1.30. The van der Waals surface area contributed by atoms with Gasteiger partial charge in [-0.25, -0.2) is 13.2 Å². The van der Waals surface area contributed by atoms with E-state index in [4.69, 9.17) is 11.6 Å². The molecule has 0 aromatic heterocycles. The van der Waals surface area contributed by atoms with Gasteiger partial charge in [-0.3, -0.25) is 0 Å². The lowest BCUT2D eigenvalue weighted by Gasteiger charge is -2.25. The van der Waals surface area contributed by atoms with Gasteiger partial charge in [-0.05, 0) is 30.7 Å². The Morgan fingerprint density at radius 3 is 2.45 bits per heavy atom. The van der Waals surface area contributed by atoms with Crippen molar-refractivity contribution >= 4 is 11.6 Å². The topological polar surface area (TPSA) is 20.2 Å². The van der Waals surface area contributed by atoms with Crippen molar-refractivity contribution < 1.29 is 18.3 Å². The van der Waals surface area contributed by atoms with E-state index in [1.54, 1.807) is 0 Å². The highest BCUT2D eigenvalue weighted by Crippen LogP contribution is 2.30. The summed E-state index contributed by atoms with van der Waals surface area (Å²) in [6, 6.07) is 7.50. The molecule has 2 rings (SSSR count). The van der Waals surface area contributed by atoms with Crippen LogP contribution in [0.1, 0.15) is 18.1 Å². The molecule has 1 nitrogen and oxygen atoms in total. The van der Waals surface area contributed by atoms with Crippen LogP contribution in [0.15, 0.2) is 36.4 Å². The first-order chi connectivity index (χ1) is 9.31. The van der Waals surface area contributed by atoms with E-state index in [2.05, 4.69) is 0 Å². The van der Waals surface area contributed by atoms with Crippen molar-refractivity contribution in [2.45, 2.75) is 18.9 Å². The average Bonchev–Trinajstić information content (AvgIpc) is 2.36. The van der Waals surface area contributed by atoms with E-state index in [0.717, 1.165) is 12.1 Å². The van der Waals surface area contributed by atoms with Gasteiger partial charge in [-0.2, -0.15) is 0 Å². The lowest BCUT2D eigenvalue weighted by Crippen LogP contribution is -2.26. The molecule has 106 valence electrons. The molecule has 0 saturated carbocycles. The summed E-state index contributed by atoms with van der Waals surface area (Å²) in [5.74, 6) is -2.79. The van der Waals surface area contributed by atoms with E-state index < -0.39 is 23.1 Å². The molecular formula is C15H12ClF3O. The van der Waals surface area contributed by atoms with Crippen molar-refractivity contribution in [3.8, 4) is 0 Å². The number of aliphatic hydroxyl groups is 1. The second-order valence-electron chi connectivity index (χ2n) is 4.79. The van der Waals surface area contributed by atoms with Gasteiger partial charge in [0.1, 0.15) is 5.82 Å². The molecule has 0 saturated heterocycles. The van der Waals surface area contributed by atoms with Gasteiger partial charge >= 0.3 is 0 Å². The zero-order chi connectivity index (χ0) is 14.9. The highest BCUT2D eigenvalue weighted by Gasteiger charge is 2.29. The zero-order valence-electron chi connectivity index (χ0n) is 10.6. The van der Waals surface area contributed by atoms with Gasteiger partial charge in [0, 0.05) is 17.0 Å². The highest BCUT2D eigenvalue weighted by molar-refractivity contribution is 6.30. The molecule has 20 heavy (non-hydrogen) atoms. The van der Waals surface area contributed by atoms with Crippen molar-refractivity contribution in [1.82, 2.24) is 0 Å². The van der Waals surface area contributed by atoms with Gasteiger partial charge in [0.15, 0.2) is 11.6 Å². The van der Waals surface area contributed by atoms with E-state index in [-0.39, 0.29) is 22.6 Å². The third kappa shape index (κ3) is 2.97. The van der Waals surface area contributed by atoms with Crippen LogP contribution in [0.5, 0.6) is 0 Å². The third-order valence-electron chi connectivity index (χ3n) is 3.08. The number of benzene rings is 2. The van der Waals surface area contributed by atoms with Crippen LogP contribution in [-0.4, -0.2) is 5.11 Å². The molecule has 0 aliphatic carbocycles. The maximum absolute atomic E-state index is 13.7. The normalized spacial score (nSPS) is 14.1. The summed E-state index contributed by atoms with van der Waals surface area (Å²) in [6.07, 6.45) is -0.198. The predicted molar refractivity (Wildman–Crippen MR) is 71.0 cm³/mol. The fraction of sp³-hybridized carbons (Fsp3) is 0.200. The van der Waals surface area contributed by atoms with E-state index >= 15 is 0 Å². The molecule has 0 bridgehead atoms. The predicted octanol–water partition coefficient (Wildman–Crippen LogP) is 4.21. The summed E-state index contributed by atoms with van der Waals surface area (Å²) < 4.78 is 40.6. The molecule has 0 spiro atoms. The minimum absolute atomic E-state index is 0.170. The third-order valence-corrected chi connectivity index (χ3v) is 3.32. The number of halogens is 4. The average molecular weight is 301 g/mol. The van der Waals surface area contributed by atoms with Crippen LogP contribution in [0.3, 0.4) is 0 Å². The minimum Gasteiger partial charge on any atom is -0.385 e. The van der Waals surface area contributed by atoms with E-state index in [1.165, 1.54) is 31.2 Å². The molecule has 1 atom stereocenters. The second kappa shape index (κ2) is 5.46. The van der Waals surface area contributed by atoms with Crippen molar-refractivity contribution in [2.75, 3.05) is 0 Å². The largest absolute Gasteiger partial charge is 0.385 e. The molecule has 1 unspecified atom stereocenters. The molecule has 0 radical (unpaired) electrons. The monoisotopic (exact) mass is 300 g/mol. The molecule has 2 aromatic rings. The van der Waals surface area contributed by atoms with Gasteiger partial charge < -0.3 is 5.11 Å². The Morgan fingerprint density at radius 1 is 1.10 bits per heavy atom. The Kier molecular flexibility index (Phi) is 4.06. The lowest BCUT2D eigenvalue weighted by molar-refractivity contribution is 0.0521. The summed E-state index contributed by atoms with van der Waals surface area (Å²) in [4.78, 5) is 0. The van der Waals surface area contributed by atoms with Gasteiger partial charge in [-0.15, -0.1) is 0 Å². The molecule has 5 heteroatoms. The minimum atomic E-state index is -1.74. The van der Waals surface area contributed by atoms with E-state index in [1.807, 2.05) is 0 Å². The Morgan fingerprint density at radius 2 is 1.80 bits per heavy atom. The molecule has 0 aliphatic heterocycles. The molecule has 0 amide bonds. The number of hydrogen-bond donors (Lipinski definition) is 1. The smallest absolute Gasteiger partial charge is 0.164 e. The Bertz CT molecular complexity index is 641. The van der Waals surface area contributed by atoms with Gasteiger partial charge in [0.2, 0.25) is 0 Å². The Hall–Kier alpha value is -1.52. The first-order valence-electron chi connectivity index (χ1n) is 5.92. The summed E-state index contributed by atoms with van der Waals surface area (Å²) in [5, 5.41) is 10.6. The summed E-state index contributed by atoms with van der Waals surface area (Å²) in [5.41, 5.74) is -1.78. The van der Waals surface area contributed by atoms with Crippen molar-refractivity contribution in [3.05, 3.63) is 70.0 Å². The van der Waals surface area contributed by atoms with E-state index in [9.17, 15) is 18.3 Å². The van der Waals surface area contributed by atoms with E-state index in [0.29, 0.717) is 0 Å². The molecule has 0 heterocycles. The molecule has 0 fully saturated rings. The maximum atomic E-state index is 13.7.